The zero-order valence-corrected chi connectivity index (χ0v) is 13.8. The Balaban J connectivity index is 2.15. The van der Waals surface area contributed by atoms with E-state index in [0.717, 1.165) is 33.0 Å². The third-order valence-corrected chi connectivity index (χ3v) is 4.49. The van der Waals surface area contributed by atoms with Crippen molar-refractivity contribution in [3.05, 3.63) is 44.3 Å². The van der Waals surface area contributed by atoms with E-state index in [-0.39, 0.29) is 6.04 Å². The van der Waals surface area contributed by atoms with E-state index in [1.165, 1.54) is 0 Å². The van der Waals surface area contributed by atoms with Gasteiger partial charge in [-0.1, -0.05) is 22.0 Å². The Morgan fingerprint density at radius 2 is 2.21 bits per heavy atom. The molecule has 0 saturated heterocycles. The van der Waals surface area contributed by atoms with E-state index in [2.05, 4.69) is 56.4 Å². The molecule has 102 valence electrons. The average molecular weight is 340 g/mol. The van der Waals surface area contributed by atoms with Gasteiger partial charge in [-0.05, 0) is 31.5 Å². The number of thiazole rings is 1. The van der Waals surface area contributed by atoms with Crippen LogP contribution in [0, 0.1) is 6.92 Å². The largest absolute Gasteiger partial charge is 0.369 e. The molecule has 1 heterocycles. The lowest BCUT2D eigenvalue weighted by Crippen LogP contribution is -2.17. The number of benzene rings is 1. The van der Waals surface area contributed by atoms with Gasteiger partial charge >= 0.3 is 0 Å². The van der Waals surface area contributed by atoms with Crippen LogP contribution in [-0.2, 0) is 6.54 Å². The summed E-state index contributed by atoms with van der Waals surface area (Å²) >= 11 is 5.27. The number of hydrogen-bond acceptors (Lipinski definition) is 4. The van der Waals surface area contributed by atoms with Crippen molar-refractivity contribution in [3.8, 4) is 0 Å². The molecule has 2 N–H and O–H groups in total. The first-order chi connectivity index (χ1) is 8.97. The molecule has 0 aliphatic heterocycles. The predicted octanol–water partition coefficient (Wildman–Crippen LogP) is 3.87. The van der Waals surface area contributed by atoms with Crippen molar-refractivity contribution in [2.24, 2.45) is 5.73 Å². The lowest BCUT2D eigenvalue weighted by molar-refractivity contribution is 0.811. The fourth-order valence-electron chi connectivity index (χ4n) is 1.94. The standard InChI is InChI=1S/C14H18BrN3S/c1-9(16)13-5-4-12(6-14(13)15)18(3)7-11-8-19-10(2)17-11/h4-6,8-9H,7,16H2,1-3H3/t9-/m0/s1. The Labute approximate surface area is 126 Å². The molecule has 0 aliphatic rings. The highest BCUT2D eigenvalue weighted by Gasteiger charge is 2.09. The van der Waals surface area contributed by atoms with E-state index < -0.39 is 0 Å². The summed E-state index contributed by atoms with van der Waals surface area (Å²) in [4.78, 5) is 6.67. The first kappa shape index (κ1) is 14.5. The highest BCUT2D eigenvalue weighted by molar-refractivity contribution is 9.10. The SMILES string of the molecule is Cc1nc(CN(C)c2ccc([C@H](C)N)c(Br)c2)cs1. The summed E-state index contributed by atoms with van der Waals surface area (Å²) < 4.78 is 1.06. The van der Waals surface area contributed by atoms with Gasteiger partial charge in [-0.15, -0.1) is 11.3 Å². The molecule has 2 rings (SSSR count). The number of hydrogen-bond donors (Lipinski definition) is 1. The van der Waals surface area contributed by atoms with E-state index in [1.807, 2.05) is 13.8 Å². The van der Waals surface area contributed by atoms with Gasteiger partial charge in [0.15, 0.2) is 0 Å². The normalized spacial score (nSPS) is 12.5. The van der Waals surface area contributed by atoms with Crippen LogP contribution < -0.4 is 10.6 Å². The molecule has 0 bridgehead atoms. The molecule has 0 amide bonds. The highest BCUT2D eigenvalue weighted by Crippen LogP contribution is 2.27. The number of halogens is 1. The summed E-state index contributed by atoms with van der Waals surface area (Å²) in [6, 6.07) is 6.32. The van der Waals surface area contributed by atoms with Crippen LogP contribution in [0.5, 0.6) is 0 Å². The Kier molecular flexibility index (Phi) is 4.60. The summed E-state index contributed by atoms with van der Waals surface area (Å²) in [5, 5.41) is 3.22. The lowest BCUT2D eigenvalue weighted by atomic mass is 10.1. The fraction of sp³-hybridized carbons (Fsp3) is 0.357. The fourth-order valence-corrected chi connectivity index (χ4v) is 3.27. The van der Waals surface area contributed by atoms with Crippen molar-refractivity contribution < 1.29 is 0 Å². The first-order valence-electron chi connectivity index (χ1n) is 6.14. The van der Waals surface area contributed by atoms with E-state index in [1.54, 1.807) is 11.3 Å². The minimum absolute atomic E-state index is 0.0370. The maximum absolute atomic E-state index is 5.91. The number of nitrogens with zero attached hydrogens (tertiary/aromatic N) is 2. The Bertz CT molecular complexity index is 566. The Morgan fingerprint density at radius 1 is 1.47 bits per heavy atom. The second-order valence-corrected chi connectivity index (χ2v) is 6.62. The van der Waals surface area contributed by atoms with Crippen LogP contribution in [0.2, 0.25) is 0 Å². The Morgan fingerprint density at radius 3 is 2.74 bits per heavy atom. The third kappa shape index (κ3) is 3.55. The molecule has 0 spiro atoms. The van der Waals surface area contributed by atoms with Crippen LogP contribution in [0.25, 0.3) is 0 Å². The van der Waals surface area contributed by atoms with Crippen molar-refractivity contribution in [3.63, 3.8) is 0 Å². The van der Waals surface area contributed by atoms with Gasteiger partial charge < -0.3 is 10.6 Å². The van der Waals surface area contributed by atoms with Crippen molar-refractivity contribution in [2.45, 2.75) is 26.4 Å². The molecule has 5 heteroatoms. The number of aromatic nitrogens is 1. The molecule has 0 unspecified atom stereocenters. The van der Waals surface area contributed by atoms with Crippen LogP contribution in [-0.4, -0.2) is 12.0 Å². The lowest BCUT2D eigenvalue weighted by Gasteiger charge is -2.20. The van der Waals surface area contributed by atoms with Crippen molar-refractivity contribution >= 4 is 33.0 Å². The minimum atomic E-state index is 0.0370. The zero-order valence-electron chi connectivity index (χ0n) is 11.4. The molecular weight excluding hydrogens is 322 g/mol. The van der Waals surface area contributed by atoms with E-state index in [9.17, 15) is 0 Å². The maximum Gasteiger partial charge on any atom is 0.0898 e. The zero-order chi connectivity index (χ0) is 14.0. The monoisotopic (exact) mass is 339 g/mol. The molecular formula is C14H18BrN3S. The average Bonchev–Trinajstić information content (AvgIpc) is 2.74. The summed E-state index contributed by atoms with van der Waals surface area (Å²) in [6.07, 6.45) is 0. The molecule has 1 atom stereocenters. The molecule has 1 aromatic carbocycles. The van der Waals surface area contributed by atoms with Crippen molar-refractivity contribution in [1.29, 1.82) is 0 Å². The second kappa shape index (κ2) is 6.03. The predicted molar refractivity (Wildman–Crippen MR) is 85.7 cm³/mol. The molecule has 3 nitrogen and oxygen atoms in total. The molecule has 0 aliphatic carbocycles. The molecule has 19 heavy (non-hydrogen) atoms. The summed E-state index contributed by atoms with van der Waals surface area (Å²) in [7, 11) is 2.07. The van der Waals surface area contributed by atoms with Crippen molar-refractivity contribution in [2.75, 3.05) is 11.9 Å². The van der Waals surface area contributed by atoms with Crippen molar-refractivity contribution in [1.82, 2.24) is 4.98 Å². The first-order valence-corrected chi connectivity index (χ1v) is 7.82. The van der Waals surface area contributed by atoms with Gasteiger partial charge in [-0.2, -0.15) is 0 Å². The molecule has 0 radical (unpaired) electrons. The van der Waals surface area contributed by atoms with Gasteiger partial charge in [0.1, 0.15) is 0 Å². The van der Waals surface area contributed by atoms with Crippen LogP contribution in [0.3, 0.4) is 0 Å². The highest BCUT2D eigenvalue weighted by atomic mass is 79.9. The van der Waals surface area contributed by atoms with Crippen LogP contribution in [0.15, 0.2) is 28.1 Å². The maximum atomic E-state index is 5.91. The second-order valence-electron chi connectivity index (χ2n) is 4.71. The van der Waals surface area contributed by atoms with E-state index in [4.69, 9.17) is 5.73 Å². The van der Waals surface area contributed by atoms with Gasteiger partial charge in [0.05, 0.1) is 17.2 Å². The molecule has 2 aromatic rings. The van der Waals surface area contributed by atoms with Gasteiger partial charge in [0, 0.05) is 28.6 Å². The Hall–Kier alpha value is -0.910. The summed E-state index contributed by atoms with van der Waals surface area (Å²) in [5.41, 5.74) is 9.30. The van der Waals surface area contributed by atoms with Crippen LogP contribution >= 0.6 is 27.3 Å². The number of rotatable bonds is 4. The van der Waals surface area contributed by atoms with Crippen LogP contribution in [0.4, 0.5) is 5.69 Å². The van der Waals surface area contributed by atoms with E-state index >= 15 is 0 Å². The summed E-state index contributed by atoms with van der Waals surface area (Å²) in [5.74, 6) is 0. The quantitative estimate of drug-likeness (QED) is 0.919. The van der Waals surface area contributed by atoms with Gasteiger partial charge in [0.2, 0.25) is 0 Å². The smallest absolute Gasteiger partial charge is 0.0898 e. The molecule has 1 aromatic heterocycles. The topological polar surface area (TPSA) is 42.2 Å². The number of anilines is 1. The van der Waals surface area contributed by atoms with Crippen LogP contribution in [0.1, 0.15) is 29.2 Å². The molecule has 0 fully saturated rings. The van der Waals surface area contributed by atoms with Gasteiger partial charge in [-0.3, -0.25) is 0 Å². The van der Waals surface area contributed by atoms with Gasteiger partial charge in [0.25, 0.3) is 0 Å². The number of aryl methyl sites for hydroxylation is 1. The number of nitrogens with two attached hydrogens (primary N) is 1. The molecule has 0 saturated carbocycles. The summed E-state index contributed by atoms with van der Waals surface area (Å²) in [6.45, 7) is 4.83. The van der Waals surface area contributed by atoms with E-state index in [0.29, 0.717) is 0 Å². The van der Waals surface area contributed by atoms with Gasteiger partial charge in [-0.25, -0.2) is 4.98 Å². The third-order valence-electron chi connectivity index (χ3n) is 2.98. The minimum Gasteiger partial charge on any atom is -0.369 e.